The number of carbonyl (C=O) groups is 1. The van der Waals surface area contributed by atoms with Gasteiger partial charge in [0.05, 0.1) is 12.2 Å². The van der Waals surface area contributed by atoms with Crippen molar-refractivity contribution in [3.05, 3.63) is 41.3 Å². The maximum Gasteiger partial charge on any atom is 0.317 e. The quantitative estimate of drug-likeness (QED) is 0.758. The van der Waals surface area contributed by atoms with E-state index in [0.717, 1.165) is 23.3 Å². The fraction of sp³-hybridized carbons (Fsp3) is 0.235. The molecular weight excluding hydrogens is 326 g/mol. The van der Waals surface area contributed by atoms with Crippen LogP contribution in [0.15, 0.2) is 36.4 Å². The second-order valence-electron chi connectivity index (χ2n) is 5.94. The van der Waals surface area contributed by atoms with E-state index in [-0.39, 0.29) is 12.3 Å². The highest BCUT2D eigenvalue weighted by molar-refractivity contribution is 7.18. The maximum absolute atomic E-state index is 10.7. The van der Waals surface area contributed by atoms with Crippen molar-refractivity contribution in [1.82, 2.24) is 15.1 Å². The highest BCUT2D eigenvalue weighted by Gasteiger charge is 2.30. The molecule has 0 radical (unpaired) electrons. The number of fused-ring (bicyclic) bond motifs is 1. The molecule has 3 heterocycles. The summed E-state index contributed by atoms with van der Waals surface area (Å²) in [5.74, 6) is -0.245. The number of nitrogens with zero attached hydrogens (tertiary/aromatic N) is 3. The molecule has 1 aliphatic rings. The van der Waals surface area contributed by atoms with Crippen LogP contribution in [0.1, 0.15) is 10.8 Å². The molecule has 1 saturated heterocycles. The molecule has 0 saturated carbocycles. The summed E-state index contributed by atoms with van der Waals surface area (Å²) in [5, 5.41) is 28.3. The SMILES string of the molecule is O=C(O)CN1CC(c2cc3cc(-c4ccccc4O)nnc3s2)C1. The van der Waals surface area contributed by atoms with E-state index in [0.29, 0.717) is 17.2 Å². The Morgan fingerprint density at radius 3 is 2.79 bits per heavy atom. The Labute approximate surface area is 142 Å². The summed E-state index contributed by atoms with van der Waals surface area (Å²) < 4.78 is 0. The number of para-hydroxylation sites is 1. The molecule has 0 amide bonds. The van der Waals surface area contributed by atoms with E-state index in [1.54, 1.807) is 23.5 Å². The van der Waals surface area contributed by atoms with E-state index in [1.165, 1.54) is 4.88 Å². The Morgan fingerprint density at radius 1 is 1.25 bits per heavy atom. The number of hydrogen-bond acceptors (Lipinski definition) is 6. The van der Waals surface area contributed by atoms with Crippen molar-refractivity contribution in [1.29, 1.82) is 0 Å². The maximum atomic E-state index is 10.7. The van der Waals surface area contributed by atoms with Crippen LogP contribution in [0.4, 0.5) is 0 Å². The Hall–Kier alpha value is -2.51. The van der Waals surface area contributed by atoms with Crippen LogP contribution in [-0.2, 0) is 4.79 Å². The Balaban J connectivity index is 1.59. The molecule has 2 N–H and O–H groups in total. The fourth-order valence-electron chi connectivity index (χ4n) is 2.97. The second-order valence-corrected chi connectivity index (χ2v) is 7.00. The first-order valence-electron chi connectivity index (χ1n) is 7.60. The van der Waals surface area contributed by atoms with Gasteiger partial charge in [-0.2, -0.15) is 0 Å². The van der Waals surface area contributed by atoms with Gasteiger partial charge in [0.25, 0.3) is 0 Å². The standard InChI is InChI=1S/C17H15N3O3S/c21-14-4-2-1-3-12(14)13-5-10-6-15(24-17(10)19-18-13)11-7-20(8-11)9-16(22)23/h1-6,11,21H,7-9H2,(H,22,23). The third-order valence-electron chi connectivity index (χ3n) is 4.20. The molecule has 0 unspecified atom stereocenters. The summed E-state index contributed by atoms with van der Waals surface area (Å²) in [6, 6.07) is 11.1. The molecule has 1 aromatic carbocycles. The van der Waals surface area contributed by atoms with Crippen molar-refractivity contribution < 1.29 is 15.0 Å². The first kappa shape index (κ1) is 15.0. The monoisotopic (exact) mass is 341 g/mol. The summed E-state index contributed by atoms with van der Waals surface area (Å²) in [6.45, 7) is 1.62. The summed E-state index contributed by atoms with van der Waals surface area (Å²) in [4.78, 5) is 14.7. The number of carboxylic acids is 1. The first-order chi connectivity index (χ1) is 11.6. The summed E-state index contributed by atoms with van der Waals surface area (Å²) in [6.07, 6.45) is 0. The number of phenolic OH excluding ortho intramolecular Hbond substituents is 1. The van der Waals surface area contributed by atoms with Crippen molar-refractivity contribution in [3.63, 3.8) is 0 Å². The summed E-state index contributed by atoms with van der Waals surface area (Å²) in [7, 11) is 0. The largest absolute Gasteiger partial charge is 0.507 e. The highest BCUT2D eigenvalue weighted by Crippen LogP contribution is 2.36. The molecule has 6 nitrogen and oxygen atoms in total. The lowest BCUT2D eigenvalue weighted by Gasteiger charge is -2.37. The second kappa shape index (κ2) is 5.85. The van der Waals surface area contributed by atoms with Crippen LogP contribution in [0.25, 0.3) is 21.5 Å². The average Bonchev–Trinajstić information content (AvgIpc) is 2.93. The zero-order valence-corrected chi connectivity index (χ0v) is 13.5. The predicted octanol–water partition coefficient (Wildman–Crippen LogP) is 2.55. The van der Waals surface area contributed by atoms with Crippen molar-refractivity contribution in [3.8, 4) is 17.0 Å². The van der Waals surface area contributed by atoms with Crippen LogP contribution in [-0.4, -0.2) is 50.9 Å². The third-order valence-corrected chi connectivity index (χ3v) is 5.40. The van der Waals surface area contributed by atoms with Gasteiger partial charge in [0.15, 0.2) is 0 Å². The number of phenols is 1. The predicted molar refractivity (Wildman–Crippen MR) is 91.3 cm³/mol. The smallest absolute Gasteiger partial charge is 0.317 e. The molecule has 7 heteroatoms. The molecule has 0 atom stereocenters. The van der Waals surface area contributed by atoms with E-state index in [4.69, 9.17) is 5.11 Å². The van der Waals surface area contributed by atoms with Crippen LogP contribution >= 0.6 is 11.3 Å². The number of thiophene rings is 1. The van der Waals surface area contributed by atoms with Crippen molar-refractivity contribution >= 4 is 27.5 Å². The molecule has 2 aromatic heterocycles. The van der Waals surface area contributed by atoms with Gasteiger partial charge < -0.3 is 10.2 Å². The van der Waals surface area contributed by atoms with Gasteiger partial charge in [0, 0.05) is 34.8 Å². The number of aromatic hydroxyl groups is 1. The van der Waals surface area contributed by atoms with Gasteiger partial charge in [-0.25, -0.2) is 0 Å². The number of aromatic nitrogens is 2. The Bertz CT molecular complexity index is 918. The van der Waals surface area contributed by atoms with Gasteiger partial charge in [-0.15, -0.1) is 21.5 Å². The van der Waals surface area contributed by atoms with Gasteiger partial charge in [-0.05, 0) is 24.3 Å². The van der Waals surface area contributed by atoms with E-state index >= 15 is 0 Å². The average molecular weight is 341 g/mol. The van der Waals surface area contributed by atoms with Gasteiger partial charge in [0.2, 0.25) is 0 Å². The molecule has 122 valence electrons. The van der Waals surface area contributed by atoms with E-state index in [1.807, 2.05) is 23.1 Å². The topological polar surface area (TPSA) is 86.5 Å². The van der Waals surface area contributed by atoms with E-state index < -0.39 is 5.97 Å². The number of hydrogen-bond donors (Lipinski definition) is 2. The van der Waals surface area contributed by atoms with E-state index in [9.17, 15) is 9.90 Å². The molecular formula is C17H15N3O3S. The zero-order valence-electron chi connectivity index (χ0n) is 12.7. The molecule has 1 fully saturated rings. The molecule has 0 aliphatic carbocycles. The number of likely N-dealkylation sites (tertiary alicyclic amines) is 1. The third kappa shape index (κ3) is 2.72. The highest BCUT2D eigenvalue weighted by atomic mass is 32.1. The van der Waals surface area contributed by atoms with Gasteiger partial charge in [0.1, 0.15) is 10.6 Å². The van der Waals surface area contributed by atoms with Crippen LogP contribution in [0, 0.1) is 0 Å². The van der Waals surface area contributed by atoms with Gasteiger partial charge in [-0.1, -0.05) is 12.1 Å². The Morgan fingerprint density at radius 2 is 2.04 bits per heavy atom. The van der Waals surface area contributed by atoms with Crippen LogP contribution in [0.2, 0.25) is 0 Å². The normalized spacial score (nSPS) is 15.5. The lowest BCUT2D eigenvalue weighted by molar-refractivity contribution is -0.139. The van der Waals surface area contributed by atoms with Crippen molar-refractivity contribution in [2.75, 3.05) is 19.6 Å². The fourth-order valence-corrected chi connectivity index (χ4v) is 4.01. The molecule has 0 bridgehead atoms. The molecule has 24 heavy (non-hydrogen) atoms. The zero-order chi connectivity index (χ0) is 16.7. The lowest BCUT2D eigenvalue weighted by atomic mass is 9.98. The number of rotatable bonds is 4. The van der Waals surface area contributed by atoms with Crippen LogP contribution in [0.5, 0.6) is 5.75 Å². The van der Waals surface area contributed by atoms with Crippen molar-refractivity contribution in [2.24, 2.45) is 0 Å². The summed E-state index contributed by atoms with van der Waals surface area (Å²) >= 11 is 1.60. The Kier molecular flexibility index (Phi) is 3.66. The van der Waals surface area contributed by atoms with Gasteiger partial charge >= 0.3 is 5.97 Å². The van der Waals surface area contributed by atoms with Gasteiger partial charge in [-0.3, -0.25) is 9.69 Å². The van der Waals surface area contributed by atoms with Crippen molar-refractivity contribution in [2.45, 2.75) is 5.92 Å². The number of carboxylic acid groups (broad SMARTS) is 1. The molecule has 1 aliphatic heterocycles. The minimum absolute atomic E-state index is 0.0959. The minimum Gasteiger partial charge on any atom is -0.507 e. The molecule has 4 rings (SSSR count). The lowest BCUT2D eigenvalue weighted by Crippen LogP contribution is -2.46. The number of aliphatic carboxylic acids is 1. The summed E-state index contributed by atoms with van der Waals surface area (Å²) in [5.41, 5.74) is 1.31. The number of benzene rings is 1. The van der Waals surface area contributed by atoms with Crippen LogP contribution < -0.4 is 0 Å². The minimum atomic E-state index is -0.789. The van der Waals surface area contributed by atoms with E-state index in [2.05, 4.69) is 16.3 Å². The molecule has 3 aromatic rings. The van der Waals surface area contributed by atoms with Crippen LogP contribution in [0.3, 0.4) is 0 Å². The first-order valence-corrected chi connectivity index (χ1v) is 8.41. The molecule has 0 spiro atoms.